The summed E-state index contributed by atoms with van der Waals surface area (Å²) in [6.07, 6.45) is 0. The number of furan rings is 1. The molecule has 0 radical (unpaired) electrons. The molecule has 55 heavy (non-hydrogen) atoms. The van der Waals surface area contributed by atoms with Crippen molar-refractivity contribution in [2.75, 3.05) is 4.90 Å². The van der Waals surface area contributed by atoms with Crippen molar-refractivity contribution in [3.05, 3.63) is 199 Å². The van der Waals surface area contributed by atoms with Crippen molar-refractivity contribution in [2.24, 2.45) is 0 Å². The molecule has 10 aromatic rings. The SMILES string of the molecule is CC1(C)c2ccccc2-c2ccc(N(c3ccc(-c4cc(-c5cccc6ccccc56)c5ccccc5c4)cc3)c3cccc4c3oc3ccccc34)cc21. The maximum Gasteiger partial charge on any atom is 0.159 e. The lowest BCUT2D eigenvalue weighted by molar-refractivity contribution is 0.660. The fourth-order valence-corrected chi connectivity index (χ4v) is 9.13. The van der Waals surface area contributed by atoms with Gasteiger partial charge in [-0.1, -0.05) is 153 Å². The highest BCUT2D eigenvalue weighted by Crippen LogP contribution is 2.51. The zero-order valence-corrected chi connectivity index (χ0v) is 30.8. The number of rotatable bonds is 5. The lowest BCUT2D eigenvalue weighted by Crippen LogP contribution is -2.16. The number of hydrogen-bond donors (Lipinski definition) is 0. The molecule has 0 fully saturated rings. The summed E-state index contributed by atoms with van der Waals surface area (Å²) in [4.78, 5) is 2.37. The predicted molar refractivity (Wildman–Crippen MR) is 232 cm³/mol. The molecule has 0 saturated carbocycles. The van der Waals surface area contributed by atoms with Crippen molar-refractivity contribution in [3.8, 4) is 33.4 Å². The Morgan fingerprint density at radius 2 is 1.02 bits per heavy atom. The number of anilines is 3. The second kappa shape index (κ2) is 12.1. The second-order valence-electron chi connectivity index (χ2n) is 15.3. The molecule has 1 aliphatic carbocycles. The molecule has 0 atom stereocenters. The van der Waals surface area contributed by atoms with Crippen LogP contribution in [-0.2, 0) is 5.41 Å². The number of hydrogen-bond acceptors (Lipinski definition) is 2. The molecule has 0 N–H and O–H groups in total. The van der Waals surface area contributed by atoms with Gasteiger partial charge >= 0.3 is 0 Å². The first-order valence-electron chi connectivity index (χ1n) is 19.1. The Morgan fingerprint density at radius 1 is 0.400 bits per heavy atom. The van der Waals surface area contributed by atoms with E-state index in [2.05, 4.69) is 201 Å². The van der Waals surface area contributed by atoms with Crippen LogP contribution in [0.25, 0.3) is 76.9 Å². The topological polar surface area (TPSA) is 16.4 Å². The Morgan fingerprint density at radius 3 is 1.87 bits per heavy atom. The molecule has 0 amide bonds. The van der Waals surface area contributed by atoms with Crippen molar-refractivity contribution in [3.63, 3.8) is 0 Å². The second-order valence-corrected chi connectivity index (χ2v) is 15.3. The Hall–Kier alpha value is -6.90. The molecule has 1 heterocycles. The summed E-state index contributed by atoms with van der Waals surface area (Å²) in [5.41, 5.74) is 15.0. The molecule has 260 valence electrons. The Labute approximate surface area is 320 Å². The molecule has 0 saturated heterocycles. The lowest BCUT2D eigenvalue weighted by Gasteiger charge is -2.28. The van der Waals surface area contributed by atoms with Crippen LogP contribution < -0.4 is 4.90 Å². The monoisotopic (exact) mass is 703 g/mol. The van der Waals surface area contributed by atoms with Crippen LogP contribution in [0.1, 0.15) is 25.0 Å². The summed E-state index contributed by atoms with van der Waals surface area (Å²) in [6.45, 7) is 4.69. The number of benzene rings is 9. The molecule has 1 aromatic heterocycles. The summed E-state index contributed by atoms with van der Waals surface area (Å²) in [5.74, 6) is 0. The Kier molecular flexibility index (Phi) is 6.93. The Bertz CT molecular complexity index is 3120. The van der Waals surface area contributed by atoms with Gasteiger partial charge in [-0.2, -0.15) is 0 Å². The third-order valence-electron chi connectivity index (χ3n) is 11.9. The molecule has 2 heteroatoms. The highest BCUT2D eigenvalue weighted by molar-refractivity contribution is 6.11. The van der Waals surface area contributed by atoms with Crippen molar-refractivity contribution < 1.29 is 4.42 Å². The quantitative estimate of drug-likeness (QED) is 0.177. The van der Waals surface area contributed by atoms with Gasteiger partial charge in [0, 0.05) is 27.6 Å². The average molecular weight is 704 g/mol. The lowest BCUT2D eigenvalue weighted by atomic mass is 9.82. The molecule has 0 spiro atoms. The van der Waals surface area contributed by atoms with E-state index in [1.807, 2.05) is 6.07 Å². The van der Waals surface area contributed by atoms with Gasteiger partial charge in [-0.3, -0.25) is 0 Å². The van der Waals surface area contributed by atoms with Gasteiger partial charge in [0.25, 0.3) is 0 Å². The third kappa shape index (κ3) is 4.88. The summed E-state index contributed by atoms with van der Waals surface area (Å²) < 4.78 is 6.67. The van der Waals surface area contributed by atoms with Gasteiger partial charge in [-0.25, -0.2) is 0 Å². The van der Waals surface area contributed by atoms with Gasteiger partial charge in [0.15, 0.2) is 5.58 Å². The minimum absolute atomic E-state index is 0.124. The zero-order valence-electron chi connectivity index (χ0n) is 30.8. The molecule has 11 rings (SSSR count). The maximum absolute atomic E-state index is 6.67. The van der Waals surface area contributed by atoms with Gasteiger partial charge in [-0.05, 0) is 115 Å². The van der Waals surface area contributed by atoms with Gasteiger partial charge in [0.2, 0.25) is 0 Å². The molecular formula is C53H37NO. The van der Waals surface area contributed by atoms with E-state index in [1.165, 1.54) is 66.1 Å². The highest BCUT2D eigenvalue weighted by atomic mass is 16.3. The van der Waals surface area contributed by atoms with E-state index in [0.717, 1.165) is 39.0 Å². The van der Waals surface area contributed by atoms with Gasteiger partial charge in [-0.15, -0.1) is 0 Å². The molecule has 0 aliphatic heterocycles. The van der Waals surface area contributed by atoms with Crippen molar-refractivity contribution >= 4 is 60.5 Å². The zero-order chi connectivity index (χ0) is 36.7. The summed E-state index contributed by atoms with van der Waals surface area (Å²) >= 11 is 0. The minimum atomic E-state index is -0.124. The van der Waals surface area contributed by atoms with Crippen molar-refractivity contribution in [2.45, 2.75) is 19.3 Å². The third-order valence-corrected chi connectivity index (χ3v) is 11.9. The maximum atomic E-state index is 6.67. The molecule has 9 aromatic carbocycles. The van der Waals surface area contributed by atoms with Crippen LogP contribution in [0.3, 0.4) is 0 Å². The van der Waals surface area contributed by atoms with Crippen LogP contribution in [0.2, 0.25) is 0 Å². The van der Waals surface area contributed by atoms with Crippen LogP contribution in [0.4, 0.5) is 17.1 Å². The van der Waals surface area contributed by atoms with E-state index in [1.54, 1.807) is 0 Å². The van der Waals surface area contributed by atoms with Gasteiger partial charge < -0.3 is 9.32 Å². The van der Waals surface area contributed by atoms with Crippen LogP contribution >= 0.6 is 0 Å². The number of para-hydroxylation sites is 2. The molecule has 0 unspecified atom stereocenters. The molecule has 0 bridgehead atoms. The van der Waals surface area contributed by atoms with Crippen molar-refractivity contribution in [1.29, 1.82) is 0 Å². The van der Waals surface area contributed by atoms with E-state index in [9.17, 15) is 0 Å². The summed E-state index contributed by atoms with van der Waals surface area (Å²) in [7, 11) is 0. The average Bonchev–Trinajstić information content (AvgIpc) is 3.73. The standard InChI is InChI=1S/C53H37NO/c1-53(2)48-22-9-7-18-43(48)44-30-29-39(33-49(44)53)54(50-23-12-21-46-45-19-8-10-24-51(45)55-52(46)50)38-27-25-34(26-28-38)37-31-36-14-4-6-17-41(36)47(32-37)42-20-11-15-35-13-3-5-16-40(35)42/h3-33H,1-2H3. The van der Waals surface area contributed by atoms with E-state index < -0.39 is 0 Å². The van der Waals surface area contributed by atoms with E-state index in [4.69, 9.17) is 4.42 Å². The Balaban J connectivity index is 1.08. The van der Waals surface area contributed by atoms with Crippen LogP contribution in [-0.4, -0.2) is 0 Å². The molecule has 2 nitrogen and oxygen atoms in total. The van der Waals surface area contributed by atoms with Crippen LogP contribution in [0.15, 0.2) is 192 Å². The van der Waals surface area contributed by atoms with Gasteiger partial charge in [0.05, 0.1) is 5.69 Å². The summed E-state index contributed by atoms with van der Waals surface area (Å²) in [6, 6.07) is 68.4. The normalized spacial score (nSPS) is 13.1. The molecule has 1 aliphatic rings. The summed E-state index contributed by atoms with van der Waals surface area (Å²) in [5, 5.41) is 7.23. The predicted octanol–water partition coefficient (Wildman–Crippen LogP) is 15.0. The van der Waals surface area contributed by atoms with Crippen molar-refractivity contribution in [1.82, 2.24) is 0 Å². The fraction of sp³-hybridized carbons (Fsp3) is 0.0566. The fourth-order valence-electron chi connectivity index (χ4n) is 9.13. The van der Waals surface area contributed by atoms with E-state index >= 15 is 0 Å². The van der Waals surface area contributed by atoms with E-state index in [-0.39, 0.29) is 5.41 Å². The number of fused-ring (bicyclic) bond motifs is 8. The minimum Gasteiger partial charge on any atom is -0.454 e. The number of nitrogens with zero attached hydrogens (tertiary/aromatic N) is 1. The smallest absolute Gasteiger partial charge is 0.159 e. The first-order chi connectivity index (χ1) is 27.0. The largest absolute Gasteiger partial charge is 0.454 e. The highest BCUT2D eigenvalue weighted by Gasteiger charge is 2.36. The van der Waals surface area contributed by atoms with Gasteiger partial charge in [0.1, 0.15) is 5.58 Å². The van der Waals surface area contributed by atoms with E-state index in [0.29, 0.717) is 0 Å². The first-order valence-corrected chi connectivity index (χ1v) is 19.1. The van der Waals surface area contributed by atoms with Crippen LogP contribution in [0, 0.1) is 0 Å². The van der Waals surface area contributed by atoms with Crippen LogP contribution in [0.5, 0.6) is 0 Å². The molecular weight excluding hydrogens is 667 g/mol. The first kappa shape index (κ1) is 31.6.